The first-order valence-electron chi connectivity index (χ1n) is 10.0. The van der Waals surface area contributed by atoms with Gasteiger partial charge in [-0.05, 0) is 50.3 Å². The number of nitrogens with zero attached hydrogens (tertiary/aromatic N) is 2. The maximum absolute atomic E-state index is 14.6. The van der Waals surface area contributed by atoms with Gasteiger partial charge in [0.2, 0.25) is 0 Å². The molecule has 2 saturated heterocycles. The van der Waals surface area contributed by atoms with Crippen molar-refractivity contribution < 1.29 is 14.2 Å². The highest BCUT2D eigenvalue weighted by Crippen LogP contribution is 2.24. The van der Waals surface area contributed by atoms with Crippen LogP contribution >= 0.6 is 0 Å². The van der Waals surface area contributed by atoms with Gasteiger partial charge in [-0.25, -0.2) is 9.38 Å². The predicted molar refractivity (Wildman–Crippen MR) is 106 cm³/mol. The van der Waals surface area contributed by atoms with Gasteiger partial charge in [-0.3, -0.25) is 0 Å². The van der Waals surface area contributed by atoms with Crippen molar-refractivity contribution in [3.05, 3.63) is 29.6 Å². The van der Waals surface area contributed by atoms with E-state index in [9.17, 15) is 9.50 Å². The number of ether oxygens (including phenoxy) is 1. The molecule has 7 heteroatoms. The van der Waals surface area contributed by atoms with Crippen LogP contribution in [-0.4, -0.2) is 56.1 Å². The van der Waals surface area contributed by atoms with Crippen LogP contribution in [0.25, 0.3) is 0 Å². The summed E-state index contributed by atoms with van der Waals surface area (Å²) in [5.41, 5.74) is 1.45. The Bertz CT molecular complexity index is 626. The lowest BCUT2D eigenvalue weighted by Crippen LogP contribution is -2.41. The number of halogens is 1. The SMILES string of the molecule is CCNC(=NCc1ccc(N2CCC(O)CC2)c(F)c1)NCC1CCCO1. The average Bonchev–Trinajstić information content (AvgIpc) is 3.19. The Labute approximate surface area is 160 Å². The molecule has 3 N–H and O–H groups in total. The molecule has 150 valence electrons. The zero-order chi connectivity index (χ0) is 19.1. The van der Waals surface area contributed by atoms with Crippen LogP contribution in [0.4, 0.5) is 10.1 Å². The van der Waals surface area contributed by atoms with E-state index in [-0.39, 0.29) is 18.0 Å². The van der Waals surface area contributed by atoms with Crippen molar-refractivity contribution in [1.82, 2.24) is 10.6 Å². The number of rotatable bonds is 6. The highest BCUT2D eigenvalue weighted by molar-refractivity contribution is 5.79. The molecule has 3 rings (SSSR count). The van der Waals surface area contributed by atoms with E-state index in [1.807, 2.05) is 24.0 Å². The summed E-state index contributed by atoms with van der Waals surface area (Å²) < 4.78 is 20.2. The monoisotopic (exact) mass is 378 g/mol. The molecule has 0 aromatic heterocycles. The molecule has 0 radical (unpaired) electrons. The number of guanidine groups is 1. The lowest BCUT2D eigenvalue weighted by atomic mass is 10.1. The Morgan fingerprint density at radius 1 is 1.30 bits per heavy atom. The molecular formula is C20H31FN4O2. The summed E-state index contributed by atoms with van der Waals surface area (Å²) in [6.07, 6.45) is 3.55. The van der Waals surface area contributed by atoms with E-state index >= 15 is 0 Å². The van der Waals surface area contributed by atoms with E-state index in [0.29, 0.717) is 38.2 Å². The van der Waals surface area contributed by atoms with Crippen molar-refractivity contribution in [2.45, 2.75) is 51.4 Å². The van der Waals surface area contributed by atoms with Gasteiger partial charge >= 0.3 is 0 Å². The first-order chi connectivity index (χ1) is 13.2. The van der Waals surface area contributed by atoms with Gasteiger partial charge in [0.15, 0.2) is 5.96 Å². The van der Waals surface area contributed by atoms with E-state index < -0.39 is 0 Å². The molecule has 1 aromatic carbocycles. The predicted octanol–water partition coefficient (Wildman–Crippen LogP) is 2.02. The first kappa shape index (κ1) is 19.9. The molecule has 1 unspecified atom stereocenters. The third-order valence-corrected chi connectivity index (χ3v) is 5.10. The van der Waals surface area contributed by atoms with Crippen molar-refractivity contribution in [2.24, 2.45) is 4.99 Å². The summed E-state index contributed by atoms with van der Waals surface area (Å²) in [6.45, 7) is 6.15. The average molecular weight is 378 g/mol. The Kier molecular flexibility index (Phi) is 7.29. The molecule has 6 nitrogen and oxygen atoms in total. The van der Waals surface area contributed by atoms with Crippen molar-refractivity contribution in [3.63, 3.8) is 0 Å². The largest absolute Gasteiger partial charge is 0.393 e. The minimum atomic E-state index is -0.260. The summed E-state index contributed by atoms with van der Waals surface area (Å²) in [4.78, 5) is 6.57. The summed E-state index contributed by atoms with van der Waals surface area (Å²) in [5.74, 6) is 0.499. The quantitative estimate of drug-likeness (QED) is 0.522. The van der Waals surface area contributed by atoms with Gasteiger partial charge in [-0.2, -0.15) is 0 Å². The number of aliphatic imine (C=N–C) groups is 1. The smallest absolute Gasteiger partial charge is 0.191 e. The number of hydrogen-bond donors (Lipinski definition) is 3. The van der Waals surface area contributed by atoms with Crippen LogP contribution < -0.4 is 15.5 Å². The second kappa shape index (κ2) is 9.90. The van der Waals surface area contributed by atoms with Crippen LogP contribution in [0.15, 0.2) is 23.2 Å². The van der Waals surface area contributed by atoms with Crippen LogP contribution in [0.3, 0.4) is 0 Å². The maximum atomic E-state index is 14.6. The highest BCUT2D eigenvalue weighted by atomic mass is 19.1. The maximum Gasteiger partial charge on any atom is 0.191 e. The second-order valence-electron chi connectivity index (χ2n) is 7.22. The minimum Gasteiger partial charge on any atom is -0.393 e. The van der Waals surface area contributed by atoms with Gasteiger partial charge in [-0.1, -0.05) is 6.07 Å². The zero-order valence-corrected chi connectivity index (χ0v) is 16.1. The van der Waals surface area contributed by atoms with Gasteiger partial charge in [0.25, 0.3) is 0 Å². The van der Waals surface area contributed by atoms with Crippen LogP contribution in [-0.2, 0) is 11.3 Å². The molecule has 1 atom stereocenters. The number of benzene rings is 1. The Morgan fingerprint density at radius 2 is 2.11 bits per heavy atom. The first-order valence-corrected chi connectivity index (χ1v) is 10.0. The van der Waals surface area contributed by atoms with Gasteiger partial charge in [0.1, 0.15) is 5.82 Å². The number of nitrogens with one attached hydrogen (secondary N) is 2. The van der Waals surface area contributed by atoms with Crippen molar-refractivity contribution in [2.75, 3.05) is 37.7 Å². The summed E-state index contributed by atoms with van der Waals surface area (Å²) in [7, 11) is 0. The zero-order valence-electron chi connectivity index (χ0n) is 16.1. The second-order valence-corrected chi connectivity index (χ2v) is 7.22. The summed E-state index contributed by atoms with van der Waals surface area (Å²) in [6, 6.07) is 5.31. The molecule has 0 saturated carbocycles. The topological polar surface area (TPSA) is 69.1 Å². The van der Waals surface area contributed by atoms with Gasteiger partial charge in [0.05, 0.1) is 24.4 Å². The van der Waals surface area contributed by atoms with E-state index in [4.69, 9.17) is 4.74 Å². The van der Waals surface area contributed by atoms with Gasteiger partial charge in [0, 0.05) is 32.8 Å². The van der Waals surface area contributed by atoms with Crippen molar-refractivity contribution in [3.8, 4) is 0 Å². The minimum absolute atomic E-state index is 0.226. The molecule has 2 heterocycles. The lowest BCUT2D eigenvalue weighted by Gasteiger charge is -2.31. The van der Waals surface area contributed by atoms with E-state index in [2.05, 4.69) is 15.6 Å². The number of hydrogen-bond acceptors (Lipinski definition) is 4. The van der Waals surface area contributed by atoms with Gasteiger partial charge in [-0.15, -0.1) is 0 Å². The summed E-state index contributed by atoms with van der Waals surface area (Å²) in [5, 5.41) is 16.1. The number of aliphatic hydroxyl groups excluding tert-OH is 1. The van der Waals surface area contributed by atoms with Crippen molar-refractivity contribution >= 4 is 11.6 Å². The van der Waals surface area contributed by atoms with E-state index in [0.717, 1.165) is 44.1 Å². The van der Waals surface area contributed by atoms with Gasteiger partial charge < -0.3 is 25.4 Å². The molecule has 2 fully saturated rings. The van der Waals surface area contributed by atoms with Crippen LogP contribution in [0.2, 0.25) is 0 Å². The lowest BCUT2D eigenvalue weighted by molar-refractivity contribution is 0.114. The fourth-order valence-electron chi connectivity index (χ4n) is 3.54. The van der Waals surface area contributed by atoms with Crippen LogP contribution in [0.5, 0.6) is 0 Å². The third kappa shape index (κ3) is 5.81. The number of piperidine rings is 1. The molecule has 0 spiro atoms. The summed E-state index contributed by atoms with van der Waals surface area (Å²) >= 11 is 0. The van der Waals surface area contributed by atoms with E-state index in [1.54, 1.807) is 6.07 Å². The Hall–Kier alpha value is -1.86. The highest BCUT2D eigenvalue weighted by Gasteiger charge is 2.20. The Balaban J connectivity index is 1.57. The Morgan fingerprint density at radius 3 is 2.78 bits per heavy atom. The third-order valence-electron chi connectivity index (χ3n) is 5.10. The van der Waals surface area contributed by atoms with Crippen LogP contribution in [0, 0.1) is 5.82 Å². The molecule has 1 aromatic rings. The number of anilines is 1. The molecular weight excluding hydrogens is 347 g/mol. The fraction of sp³-hybridized carbons (Fsp3) is 0.650. The fourth-order valence-corrected chi connectivity index (χ4v) is 3.54. The standard InChI is InChI=1S/C20H31FN4O2/c1-2-22-20(24-14-17-4-3-11-27-17)23-13-15-5-6-19(18(21)12-15)25-9-7-16(26)8-10-25/h5-6,12,16-17,26H,2-4,7-11,13-14H2,1H3,(H2,22,23,24). The van der Waals surface area contributed by atoms with E-state index in [1.165, 1.54) is 0 Å². The van der Waals surface area contributed by atoms with Crippen molar-refractivity contribution in [1.29, 1.82) is 0 Å². The molecule has 2 aliphatic heterocycles. The molecule has 0 bridgehead atoms. The molecule has 0 amide bonds. The van der Waals surface area contributed by atoms with Crippen LogP contribution in [0.1, 0.15) is 38.2 Å². The normalized spacial score (nSPS) is 21.5. The molecule has 0 aliphatic carbocycles. The number of aliphatic hydroxyl groups is 1. The molecule has 27 heavy (non-hydrogen) atoms. The molecule has 2 aliphatic rings.